The molecule has 0 aliphatic rings. The Balaban J connectivity index is 2.50. The maximum atomic E-state index is 11.5. The Labute approximate surface area is 114 Å². The minimum absolute atomic E-state index is 0.146. The Morgan fingerprint density at radius 3 is 2.78 bits per heavy atom. The smallest absolute Gasteiger partial charge is 0.325 e. The quantitative estimate of drug-likeness (QED) is 0.839. The Kier molecular flexibility index (Phi) is 5.64. The van der Waals surface area contributed by atoms with Crippen LogP contribution in [0.5, 0.6) is 0 Å². The van der Waals surface area contributed by atoms with Gasteiger partial charge in [-0.05, 0) is 31.5 Å². The number of halogens is 1. The Morgan fingerprint density at radius 1 is 1.39 bits per heavy atom. The molecular formula is C12H15BrN2O3. The summed E-state index contributed by atoms with van der Waals surface area (Å²) in [6, 6.07) is 5.04. The SMILES string of the molecule is CCOC(=O)CNC(=O)Nc1cccc(Br)c1C. The van der Waals surface area contributed by atoms with Gasteiger partial charge in [0.1, 0.15) is 6.54 Å². The molecule has 1 aromatic carbocycles. The third kappa shape index (κ3) is 4.37. The summed E-state index contributed by atoms with van der Waals surface area (Å²) in [4.78, 5) is 22.6. The van der Waals surface area contributed by atoms with Crippen molar-refractivity contribution in [3.8, 4) is 0 Å². The maximum Gasteiger partial charge on any atom is 0.325 e. The van der Waals surface area contributed by atoms with Crippen LogP contribution in [0.3, 0.4) is 0 Å². The first-order valence-electron chi connectivity index (χ1n) is 5.50. The van der Waals surface area contributed by atoms with Crippen molar-refractivity contribution in [2.45, 2.75) is 13.8 Å². The fraction of sp³-hybridized carbons (Fsp3) is 0.333. The van der Waals surface area contributed by atoms with Crippen LogP contribution in [0.4, 0.5) is 10.5 Å². The molecule has 6 heteroatoms. The van der Waals surface area contributed by atoms with Gasteiger partial charge in [-0.3, -0.25) is 4.79 Å². The number of ether oxygens (including phenoxy) is 1. The van der Waals surface area contributed by atoms with Crippen LogP contribution in [-0.2, 0) is 9.53 Å². The molecule has 2 N–H and O–H groups in total. The standard InChI is InChI=1S/C12H15BrN2O3/c1-3-18-11(16)7-14-12(17)15-10-6-4-5-9(13)8(10)2/h4-6H,3,7H2,1-2H3,(H2,14,15,17). The van der Waals surface area contributed by atoms with Crippen molar-refractivity contribution in [2.75, 3.05) is 18.5 Å². The third-order valence-electron chi connectivity index (χ3n) is 2.21. The molecule has 2 amide bonds. The van der Waals surface area contributed by atoms with Crippen LogP contribution in [0.25, 0.3) is 0 Å². The largest absolute Gasteiger partial charge is 0.465 e. The van der Waals surface area contributed by atoms with E-state index >= 15 is 0 Å². The van der Waals surface area contributed by atoms with E-state index in [1.807, 2.05) is 19.1 Å². The monoisotopic (exact) mass is 314 g/mol. The van der Waals surface area contributed by atoms with E-state index in [1.165, 1.54) is 0 Å². The summed E-state index contributed by atoms with van der Waals surface area (Å²) in [5.41, 5.74) is 1.61. The second-order valence-corrected chi connectivity index (χ2v) is 4.38. The van der Waals surface area contributed by atoms with Crippen molar-refractivity contribution in [2.24, 2.45) is 0 Å². The van der Waals surface area contributed by atoms with Gasteiger partial charge in [0.25, 0.3) is 0 Å². The van der Waals surface area contributed by atoms with E-state index < -0.39 is 12.0 Å². The summed E-state index contributed by atoms with van der Waals surface area (Å²) in [5, 5.41) is 5.08. The van der Waals surface area contributed by atoms with Crippen LogP contribution >= 0.6 is 15.9 Å². The molecule has 0 spiro atoms. The van der Waals surface area contributed by atoms with Gasteiger partial charge in [-0.1, -0.05) is 22.0 Å². The Bertz CT molecular complexity index is 449. The van der Waals surface area contributed by atoms with Crippen LogP contribution in [-0.4, -0.2) is 25.2 Å². The predicted octanol–water partition coefficient (Wildman–Crippen LogP) is 2.44. The number of urea groups is 1. The minimum Gasteiger partial charge on any atom is -0.465 e. The second-order valence-electron chi connectivity index (χ2n) is 3.53. The van der Waals surface area contributed by atoms with Crippen LogP contribution in [0, 0.1) is 6.92 Å². The molecular weight excluding hydrogens is 300 g/mol. The molecule has 5 nitrogen and oxygen atoms in total. The molecule has 18 heavy (non-hydrogen) atoms. The van der Waals surface area contributed by atoms with Crippen molar-refractivity contribution >= 4 is 33.6 Å². The molecule has 0 saturated carbocycles. The lowest BCUT2D eigenvalue weighted by Gasteiger charge is -2.10. The molecule has 1 rings (SSSR count). The van der Waals surface area contributed by atoms with Crippen LogP contribution < -0.4 is 10.6 Å². The normalized spacial score (nSPS) is 9.72. The highest BCUT2D eigenvalue weighted by molar-refractivity contribution is 9.10. The fourth-order valence-corrected chi connectivity index (χ4v) is 1.64. The second kappa shape index (κ2) is 7.00. The highest BCUT2D eigenvalue weighted by Crippen LogP contribution is 2.23. The number of carbonyl (C=O) groups excluding carboxylic acids is 2. The molecule has 0 saturated heterocycles. The molecule has 0 unspecified atom stereocenters. The molecule has 0 fully saturated rings. The molecule has 0 atom stereocenters. The van der Waals surface area contributed by atoms with Gasteiger partial charge in [0.2, 0.25) is 0 Å². The number of hydrogen-bond donors (Lipinski definition) is 2. The van der Waals surface area contributed by atoms with Crippen molar-refractivity contribution < 1.29 is 14.3 Å². The lowest BCUT2D eigenvalue weighted by atomic mass is 10.2. The number of nitrogens with one attached hydrogen (secondary N) is 2. The van der Waals surface area contributed by atoms with Crippen LogP contribution in [0.1, 0.15) is 12.5 Å². The summed E-state index contributed by atoms with van der Waals surface area (Å²) in [7, 11) is 0. The van der Waals surface area contributed by atoms with E-state index in [9.17, 15) is 9.59 Å². The van der Waals surface area contributed by atoms with E-state index in [0.717, 1.165) is 10.0 Å². The molecule has 0 aliphatic carbocycles. The van der Waals surface area contributed by atoms with Gasteiger partial charge >= 0.3 is 12.0 Å². The van der Waals surface area contributed by atoms with Crippen molar-refractivity contribution in [1.29, 1.82) is 0 Å². The first-order valence-corrected chi connectivity index (χ1v) is 6.29. The van der Waals surface area contributed by atoms with Gasteiger partial charge in [0.15, 0.2) is 0 Å². The highest BCUT2D eigenvalue weighted by Gasteiger charge is 2.08. The van der Waals surface area contributed by atoms with Crippen molar-refractivity contribution in [3.05, 3.63) is 28.2 Å². The average molecular weight is 315 g/mol. The Hall–Kier alpha value is -1.56. The van der Waals surface area contributed by atoms with Gasteiger partial charge in [0, 0.05) is 10.2 Å². The number of amides is 2. The number of benzene rings is 1. The maximum absolute atomic E-state index is 11.5. The predicted molar refractivity (Wildman–Crippen MR) is 72.5 cm³/mol. The topological polar surface area (TPSA) is 67.4 Å². The van der Waals surface area contributed by atoms with Gasteiger partial charge in [-0.2, -0.15) is 0 Å². The molecule has 0 bridgehead atoms. The summed E-state index contributed by atoms with van der Waals surface area (Å²) in [5.74, 6) is -0.460. The van der Waals surface area contributed by atoms with E-state index in [1.54, 1.807) is 13.0 Å². The zero-order chi connectivity index (χ0) is 13.5. The molecule has 0 radical (unpaired) electrons. The summed E-state index contributed by atoms with van der Waals surface area (Å²) < 4.78 is 5.60. The zero-order valence-electron chi connectivity index (χ0n) is 10.2. The number of hydrogen-bond acceptors (Lipinski definition) is 3. The van der Waals surface area contributed by atoms with Gasteiger partial charge < -0.3 is 15.4 Å². The number of anilines is 1. The fourth-order valence-electron chi connectivity index (χ4n) is 1.27. The van der Waals surface area contributed by atoms with Gasteiger partial charge in [-0.15, -0.1) is 0 Å². The van der Waals surface area contributed by atoms with Gasteiger partial charge in [-0.25, -0.2) is 4.79 Å². The first-order chi connectivity index (χ1) is 8.54. The highest BCUT2D eigenvalue weighted by atomic mass is 79.9. The Morgan fingerprint density at radius 2 is 2.11 bits per heavy atom. The molecule has 98 valence electrons. The molecule has 1 aromatic rings. The van der Waals surface area contributed by atoms with Crippen molar-refractivity contribution in [3.63, 3.8) is 0 Å². The number of esters is 1. The van der Waals surface area contributed by atoms with Crippen LogP contribution in [0.15, 0.2) is 22.7 Å². The molecule has 0 aliphatic heterocycles. The first kappa shape index (κ1) is 14.5. The van der Waals surface area contributed by atoms with E-state index in [-0.39, 0.29) is 6.54 Å². The molecule has 0 heterocycles. The zero-order valence-corrected chi connectivity index (χ0v) is 11.8. The van der Waals surface area contributed by atoms with E-state index in [0.29, 0.717) is 12.3 Å². The summed E-state index contributed by atoms with van der Waals surface area (Å²) in [6.07, 6.45) is 0. The van der Waals surface area contributed by atoms with Crippen molar-refractivity contribution in [1.82, 2.24) is 5.32 Å². The summed E-state index contributed by atoms with van der Waals surface area (Å²) >= 11 is 3.37. The number of rotatable bonds is 4. The lowest BCUT2D eigenvalue weighted by Crippen LogP contribution is -2.34. The lowest BCUT2D eigenvalue weighted by molar-refractivity contribution is -0.141. The summed E-state index contributed by atoms with van der Waals surface area (Å²) in [6.45, 7) is 3.74. The van der Waals surface area contributed by atoms with E-state index in [2.05, 4.69) is 26.6 Å². The van der Waals surface area contributed by atoms with Crippen LogP contribution in [0.2, 0.25) is 0 Å². The number of carbonyl (C=O) groups is 2. The third-order valence-corrected chi connectivity index (χ3v) is 3.07. The van der Waals surface area contributed by atoms with Gasteiger partial charge in [0.05, 0.1) is 6.61 Å². The minimum atomic E-state index is -0.460. The molecule has 0 aromatic heterocycles. The average Bonchev–Trinajstić information content (AvgIpc) is 2.33. The van der Waals surface area contributed by atoms with E-state index in [4.69, 9.17) is 4.74 Å².